The molecular weight excluding hydrogens is 375 g/mol. The Morgan fingerprint density at radius 2 is 1.86 bits per heavy atom. The standard InChI is InChI=1S/C16H28N4.HI/c1-14(2)19-16(17-3)18-12-8-9-13-20(4)15-10-6-5-7-11-15;/h5-7,10-11,14H,8-9,12-13H2,1-4H3,(H2,17,18,19);1H. The van der Waals surface area contributed by atoms with Gasteiger partial charge in [-0.1, -0.05) is 18.2 Å². The van der Waals surface area contributed by atoms with E-state index in [1.807, 2.05) is 0 Å². The Morgan fingerprint density at radius 1 is 1.19 bits per heavy atom. The van der Waals surface area contributed by atoms with Crippen molar-refractivity contribution in [3.63, 3.8) is 0 Å². The molecule has 1 aromatic carbocycles. The molecule has 5 heteroatoms. The molecule has 0 fully saturated rings. The van der Waals surface area contributed by atoms with E-state index in [1.54, 1.807) is 7.05 Å². The number of anilines is 1. The van der Waals surface area contributed by atoms with E-state index in [2.05, 4.69) is 71.8 Å². The van der Waals surface area contributed by atoms with Crippen molar-refractivity contribution in [3.05, 3.63) is 30.3 Å². The summed E-state index contributed by atoms with van der Waals surface area (Å²) < 4.78 is 0. The predicted octanol–water partition coefficient (Wildman–Crippen LogP) is 3.09. The van der Waals surface area contributed by atoms with Gasteiger partial charge in [-0.2, -0.15) is 0 Å². The van der Waals surface area contributed by atoms with Gasteiger partial charge in [0.25, 0.3) is 0 Å². The van der Waals surface area contributed by atoms with Crippen molar-refractivity contribution in [2.24, 2.45) is 4.99 Å². The van der Waals surface area contributed by atoms with E-state index in [4.69, 9.17) is 0 Å². The fourth-order valence-electron chi connectivity index (χ4n) is 1.96. The van der Waals surface area contributed by atoms with Crippen LogP contribution in [0.2, 0.25) is 0 Å². The van der Waals surface area contributed by atoms with Crippen LogP contribution in [0.15, 0.2) is 35.3 Å². The second kappa shape index (κ2) is 11.7. The molecule has 120 valence electrons. The van der Waals surface area contributed by atoms with Crippen LogP contribution in [0.5, 0.6) is 0 Å². The van der Waals surface area contributed by atoms with E-state index in [0.29, 0.717) is 6.04 Å². The minimum Gasteiger partial charge on any atom is -0.375 e. The zero-order valence-electron chi connectivity index (χ0n) is 13.6. The molecule has 21 heavy (non-hydrogen) atoms. The second-order valence-electron chi connectivity index (χ2n) is 5.26. The third kappa shape index (κ3) is 8.80. The predicted molar refractivity (Wildman–Crippen MR) is 104 cm³/mol. The molecule has 0 aliphatic heterocycles. The number of nitrogens with one attached hydrogen (secondary N) is 2. The largest absolute Gasteiger partial charge is 0.375 e. The van der Waals surface area contributed by atoms with Gasteiger partial charge in [-0.25, -0.2) is 0 Å². The van der Waals surface area contributed by atoms with Crippen molar-refractivity contribution in [1.29, 1.82) is 0 Å². The summed E-state index contributed by atoms with van der Waals surface area (Å²) in [5, 5.41) is 6.62. The highest BCUT2D eigenvalue weighted by atomic mass is 127. The SMILES string of the molecule is CN=C(NCCCCN(C)c1ccccc1)NC(C)C.I. The summed E-state index contributed by atoms with van der Waals surface area (Å²) in [5.41, 5.74) is 1.28. The number of benzene rings is 1. The van der Waals surface area contributed by atoms with Crippen LogP contribution < -0.4 is 15.5 Å². The number of nitrogens with zero attached hydrogens (tertiary/aromatic N) is 2. The van der Waals surface area contributed by atoms with Crippen molar-refractivity contribution < 1.29 is 0 Å². The number of hydrogen-bond acceptors (Lipinski definition) is 2. The van der Waals surface area contributed by atoms with Crippen LogP contribution >= 0.6 is 24.0 Å². The Balaban J connectivity index is 0.00000400. The molecule has 0 spiro atoms. The highest BCUT2D eigenvalue weighted by molar-refractivity contribution is 14.0. The maximum absolute atomic E-state index is 4.19. The van der Waals surface area contributed by atoms with Crippen LogP contribution in [0.4, 0.5) is 5.69 Å². The summed E-state index contributed by atoms with van der Waals surface area (Å²) in [5.74, 6) is 0.886. The lowest BCUT2D eigenvalue weighted by Gasteiger charge is -2.19. The number of hydrogen-bond donors (Lipinski definition) is 2. The third-order valence-corrected chi connectivity index (χ3v) is 3.06. The van der Waals surface area contributed by atoms with Gasteiger partial charge in [0.15, 0.2) is 5.96 Å². The Morgan fingerprint density at radius 3 is 2.43 bits per heavy atom. The van der Waals surface area contributed by atoms with Crippen LogP contribution in [-0.4, -0.2) is 39.2 Å². The number of para-hydroxylation sites is 1. The minimum atomic E-state index is 0. The molecule has 0 amide bonds. The van der Waals surface area contributed by atoms with Crippen LogP contribution in [0.25, 0.3) is 0 Å². The van der Waals surface area contributed by atoms with Gasteiger partial charge in [0.1, 0.15) is 0 Å². The van der Waals surface area contributed by atoms with E-state index in [-0.39, 0.29) is 24.0 Å². The molecule has 0 heterocycles. The fraction of sp³-hybridized carbons (Fsp3) is 0.562. The summed E-state index contributed by atoms with van der Waals surface area (Å²) in [6, 6.07) is 10.9. The number of guanidine groups is 1. The monoisotopic (exact) mass is 404 g/mol. The normalized spacial score (nSPS) is 11.0. The first-order chi connectivity index (χ1) is 9.63. The molecule has 0 bridgehead atoms. The van der Waals surface area contributed by atoms with Crippen molar-refractivity contribution in [3.8, 4) is 0 Å². The molecule has 1 aromatic rings. The smallest absolute Gasteiger partial charge is 0.191 e. The van der Waals surface area contributed by atoms with E-state index < -0.39 is 0 Å². The maximum Gasteiger partial charge on any atom is 0.191 e. The first kappa shape index (κ1) is 20.0. The molecule has 0 saturated heterocycles. The molecule has 0 aliphatic rings. The summed E-state index contributed by atoms with van der Waals surface area (Å²) in [7, 11) is 3.95. The molecule has 0 radical (unpaired) electrons. The summed E-state index contributed by atoms with van der Waals surface area (Å²) >= 11 is 0. The van der Waals surface area contributed by atoms with E-state index in [1.165, 1.54) is 5.69 Å². The molecule has 0 saturated carbocycles. The van der Waals surface area contributed by atoms with Crippen LogP contribution in [0, 0.1) is 0 Å². The van der Waals surface area contributed by atoms with Gasteiger partial charge in [0.05, 0.1) is 0 Å². The van der Waals surface area contributed by atoms with E-state index in [9.17, 15) is 0 Å². The summed E-state index contributed by atoms with van der Waals surface area (Å²) in [6.07, 6.45) is 2.30. The Bertz CT molecular complexity index is 393. The van der Waals surface area contributed by atoms with Gasteiger partial charge in [-0.15, -0.1) is 24.0 Å². The van der Waals surface area contributed by atoms with Gasteiger partial charge in [-0.05, 0) is 38.8 Å². The Kier molecular flexibility index (Phi) is 11.1. The van der Waals surface area contributed by atoms with Crippen molar-refractivity contribution >= 4 is 35.6 Å². The van der Waals surface area contributed by atoms with E-state index in [0.717, 1.165) is 31.9 Å². The molecule has 1 rings (SSSR count). The number of aliphatic imine (C=N–C) groups is 1. The molecule has 0 atom stereocenters. The third-order valence-electron chi connectivity index (χ3n) is 3.06. The molecule has 4 nitrogen and oxygen atoms in total. The highest BCUT2D eigenvalue weighted by Gasteiger charge is 2.01. The summed E-state index contributed by atoms with van der Waals surface area (Å²) in [4.78, 5) is 6.49. The Hall–Kier alpha value is -0.980. The maximum atomic E-state index is 4.19. The van der Waals surface area contributed by atoms with Crippen LogP contribution in [0.1, 0.15) is 26.7 Å². The number of rotatable bonds is 7. The highest BCUT2D eigenvalue weighted by Crippen LogP contribution is 2.11. The van der Waals surface area contributed by atoms with Gasteiger partial charge in [0, 0.05) is 38.9 Å². The van der Waals surface area contributed by atoms with Crippen LogP contribution in [-0.2, 0) is 0 Å². The second-order valence-corrected chi connectivity index (χ2v) is 5.26. The lowest BCUT2D eigenvalue weighted by molar-refractivity contribution is 0.664. The minimum absolute atomic E-state index is 0. The first-order valence-corrected chi connectivity index (χ1v) is 7.37. The zero-order chi connectivity index (χ0) is 14.8. The zero-order valence-corrected chi connectivity index (χ0v) is 15.9. The average molecular weight is 404 g/mol. The van der Waals surface area contributed by atoms with Crippen molar-refractivity contribution in [2.75, 3.05) is 32.1 Å². The number of unbranched alkanes of at least 4 members (excludes halogenated alkanes) is 1. The number of halogens is 1. The lowest BCUT2D eigenvalue weighted by Crippen LogP contribution is -2.41. The first-order valence-electron chi connectivity index (χ1n) is 7.37. The van der Waals surface area contributed by atoms with Gasteiger partial charge in [0.2, 0.25) is 0 Å². The molecule has 0 aromatic heterocycles. The topological polar surface area (TPSA) is 39.7 Å². The van der Waals surface area contributed by atoms with Gasteiger partial charge in [-0.3, -0.25) is 4.99 Å². The quantitative estimate of drug-likeness (QED) is 0.318. The van der Waals surface area contributed by atoms with E-state index >= 15 is 0 Å². The van der Waals surface area contributed by atoms with Gasteiger partial charge < -0.3 is 15.5 Å². The Labute approximate surface area is 146 Å². The molecule has 0 aliphatic carbocycles. The van der Waals surface area contributed by atoms with Crippen LogP contribution in [0.3, 0.4) is 0 Å². The summed E-state index contributed by atoms with van der Waals surface area (Å²) in [6.45, 7) is 6.25. The molecule has 2 N–H and O–H groups in total. The van der Waals surface area contributed by atoms with Crippen molar-refractivity contribution in [1.82, 2.24) is 10.6 Å². The fourth-order valence-corrected chi connectivity index (χ4v) is 1.96. The molecule has 0 unspecified atom stereocenters. The molecular formula is C16H29IN4. The lowest BCUT2D eigenvalue weighted by atomic mass is 10.2. The van der Waals surface area contributed by atoms with Crippen molar-refractivity contribution in [2.45, 2.75) is 32.7 Å². The average Bonchev–Trinajstić information content (AvgIpc) is 2.46. The van der Waals surface area contributed by atoms with Gasteiger partial charge >= 0.3 is 0 Å².